The van der Waals surface area contributed by atoms with E-state index in [4.69, 9.17) is 0 Å². The van der Waals surface area contributed by atoms with Crippen molar-refractivity contribution in [2.24, 2.45) is 0 Å². The van der Waals surface area contributed by atoms with E-state index in [1.165, 1.54) is 29.1 Å². The van der Waals surface area contributed by atoms with Crippen molar-refractivity contribution in [2.75, 3.05) is 0 Å². The summed E-state index contributed by atoms with van der Waals surface area (Å²) in [6, 6.07) is 7.35. The van der Waals surface area contributed by atoms with Crippen LogP contribution in [0.4, 0.5) is 5.69 Å². The second kappa shape index (κ2) is 4.54. The van der Waals surface area contributed by atoms with E-state index in [0.29, 0.717) is 11.2 Å². The Morgan fingerprint density at radius 1 is 1.15 bits per heavy atom. The Balaban J connectivity index is 2.29. The van der Waals surface area contributed by atoms with E-state index in [9.17, 15) is 14.9 Å². The van der Waals surface area contributed by atoms with Gasteiger partial charge in [-0.25, -0.2) is 4.98 Å². The minimum atomic E-state index is -0.539. The van der Waals surface area contributed by atoms with Gasteiger partial charge in [0.05, 0.1) is 21.5 Å². The number of pyridine rings is 1. The molecule has 0 amide bonds. The molecule has 0 fully saturated rings. The predicted octanol–water partition coefficient (Wildman–Crippen LogP) is 1.69. The minimum absolute atomic E-state index is 0.135. The minimum Gasteiger partial charge on any atom is -0.268 e. The van der Waals surface area contributed by atoms with Gasteiger partial charge in [0.2, 0.25) is 0 Å². The van der Waals surface area contributed by atoms with Gasteiger partial charge in [0.1, 0.15) is 6.33 Å². The Kier molecular flexibility index (Phi) is 2.72. The van der Waals surface area contributed by atoms with E-state index in [0.717, 1.165) is 0 Å². The third-order valence-corrected chi connectivity index (χ3v) is 2.89. The standard InChI is InChI=1S/C13H8N4O3/c18-13-11-7-10(17(19)20)1-2-12(11)15-8-16(13)9-3-5-14-6-4-9/h1-8H. The number of aromatic nitrogens is 3. The molecule has 0 aliphatic heterocycles. The Labute approximate surface area is 112 Å². The highest BCUT2D eigenvalue weighted by molar-refractivity contribution is 5.80. The summed E-state index contributed by atoms with van der Waals surface area (Å²) in [5.74, 6) is 0. The fourth-order valence-electron chi connectivity index (χ4n) is 1.91. The molecule has 0 N–H and O–H groups in total. The van der Waals surface area contributed by atoms with Crippen molar-refractivity contribution < 1.29 is 4.92 Å². The molecule has 0 unspecified atom stereocenters. The van der Waals surface area contributed by atoms with Crippen LogP contribution in [0.15, 0.2) is 53.8 Å². The van der Waals surface area contributed by atoms with Crippen LogP contribution < -0.4 is 5.56 Å². The number of benzene rings is 1. The van der Waals surface area contributed by atoms with Gasteiger partial charge in [-0.2, -0.15) is 0 Å². The zero-order valence-corrected chi connectivity index (χ0v) is 10.1. The van der Waals surface area contributed by atoms with Gasteiger partial charge >= 0.3 is 0 Å². The van der Waals surface area contributed by atoms with E-state index >= 15 is 0 Å². The molecule has 0 spiro atoms. The Hall–Kier alpha value is -3.09. The largest absolute Gasteiger partial charge is 0.270 e. The maximum absolute atomic E-state index is 12.4. The topological polar surface area (TPSA) is 90.9 Å². The summed E-state index contributed by atoms with van der Waals surface area (Å²) in [6.45, 7) is 0. The summed E-state index contributed by atoms with van der Waals surface area (Å²) >= 11 is 0. The van der Waals surface area contributed by atoms with E-state index in [2.05, 4.69) is 9.97 Å². The van der Waals surface area contributed by atoms with Gasteiger partial charge in [0.15, 0.2) is 0 Å². The highest BCUT2D eigenvalue weighted by atomic mass is 16.6. The van der Waals surface area contributed by atoms with Crippen LogP contribution in [0.3, 0.4) is 0 Å². The first kappa shape index (κ1) is 12.0. The van der Waals surface area contributed by atoms with Crippen LogP contribution in [0.25, 0.3) is 16.6 Å². The first-order valence-corrected chi connectivity index (χ1v) is 5.73. The van der Waals surface area contributed by atoms with Crippen molar-refractivity contribution in [3.8, 4) is 5.69 Å². The van der Waals surface area contributed by atoms with Gasteiger partial charge in [0.25, 0.3) is 11.2 Å². The molecule has 7 nitrogen and oxygen atoms in total. The number of non-ortho nitro benzene ring substituents is 1. The summed E-state index contributed by atoms with van der Waals surface area (Å²) in [5, 5.41) is 11.0. The van der Waals surface area contributed by atoms with Crippen molar-refractivity contribution in [1.82, 2.24) is 14.5 Å². The highest BCUT2D eigenvalue weighted by Crippen LogP contribution is 2.16. The average molecular weight is 268 g/mol. The van der Waals surface area contributed by atoms with E-state index in [1.54, 1.807) is 24.5 Å². The van der Waals surface area contributed by atoms with Crippen LogP contribution in [0, 0.1) is 10.1 Å². The molecule has 98 valence electrons. The molecular weight excluding hydrogens is 260 g/mol. The zero-order valence-electron chi connectivity index (χ0n) is 10.1. The van der Waals surface area contributed by atoms with Crippen LogP contribution in [-0.4, -0.2) is 19.5 Å². The quantitative estimate of drug-likeness (QED) is 0.521. The lowest BCUT2D eigenvalue weighted by molar-refractivity contribution is -0.384. The monoisotopic (exact) mass is 268 g/mol. The van der Waals surface area contributed by atoms with Gasteiger partial charge < -0.3 is 0 Å². The van der Waals surface area contributed by atoms with Crippen molar-refractivity contribution in [1.29, 1.82) is 0 Å². The third-order valence-electron chi connectivity index (χ3n) is 2.89. The molecule has 0 saturated carbocycles. The van der Waals surface area contributed by atoms with Crippen molar-refractivity contribution in [3.05, 3.63) is 69.5 Å². The number of rotatable bonds is 2. The number of nitro groups is 1. The Bertz CT molecular complexity index is 858. The van der Waals surface area contributed by atoms with Crippen molar-refractivity contribution >= 4 is 16.6 Å². The summed E-state index contributed by atoms with van der Waals surface area (Å²) in [7, 11) is 0. The Morgan fingerprint density at radius 3 is 2.60 bits per heavy atom. The second-order valence-corrected chi connectivity index (χ2v) is 4.08. The lowest BCUT2D eigenvalue weighted by atomic mass is 10.2. The van der Waals surface area contributed by atoms with Gasteiger partial charge in [0, 0.05) is 24.5 Å². The smallest absolute Gasteiger partial charge is 0.268 e. The fourth-order valence-corrected chi connectivity index (χ4v) is 1.91. The van der Waals surface area contributed by atoms with Gasteiger partial charge in [-0.3, -0.25) is 24.5 Å². The third kappa shape index (κ3) is 1.91. The number of nitro benzene ring substituents is 1. The number of nitrogens with zero attached hydrogens (tertiary/aromatic N) is 4. The molecule has 7 heteroatoms. The SMILES string of the molecule is O=c1c2cc([N+](=O)[O-])ccc2ncn1-c1ccncc1. The summed E-state index contributed by atoms with van der Waals surface area (Å²) in [6.07, 6.45) is 4.50. The molecule has 3 rings (SSSR count). The Morgan fingerprint density at radius 2 is 1.90 bits per heavy atom. The van der Waals surface area contributed by atoms with Gasteiger partial charge in [-0.05, 0) is 18.2 Å². The fraction of sp³-hybridized carbons (Fsp3) is 0. The molecule has 0 aliphatic carbocycles. The number of hydrogen-bond donors (Lipinski definition) is 0. The van der Waals surface area contributed by atoms with Crippen LogP contribution >= 0.6 is 0 Å². The van der Waals surface area contributed by atoms with Crippen molar-refractivity contribution in [2.45, 2.75) is 0 Å². The molecule has 1 aromatic carbocycles. The molecule has 2 heterocycles. The summed E-state index contributed by atoms with van der Waals surface area (Å²) in [5.41, 5.74) is 0.533. The van der Waals surface area contributed by atoms with E-state index in [-0.39, 0.29) is 16.6 Å². The maximum atomic E-state index is 12.4. The van der Waals surface area contributed by atoms with Crippen LogP contribution in [0.5, 0.6) is 0 Å². The van der Waals surface area contributed by atoms with E-state index in [1.807, 2.05) is 0 Å². The second-order valence-electron chi connectivity index (χ2n) is 4.08. The molecular formula is C13H8N4O3. The molecule has 0 atom stereocenters. The molecule has 0 aliphatic rings. The lowest BCUT2D eigenvalue weighted by Crippen LogP contribution is -2.18. The molecule has 20 heavy (non-hydrogen) atoms. The lowest BCUT2D eigenvalue weighted by Gasteiger charge is -2.05. The molecule has 0 saturated heterocycles. The molecule has 3 aromatic rings. The zero-order chi connectivity index (χ0) is 14.1. The average Bonchev–Trinajstić information content (AvgIpc) is 2.48. The van der Waals surface area contributed by atoms with Crippen LogP contribution in [0.1, 0.15) is 0 Å². The summed E-state index contributed by atoms with van der Waals surface area (Å²) < 4.78 is 1.33. The first-order valence-electron chi connectivity index (χ1n) is 5.73. The number of fused-ring (bicyclic) bond motifs is 1. The van der Waals surface area contributed by atoms with Gasteiger partial charge in [-0.1, -0.05) is 0 Å². The maximum Gasteiger partial charge on any atom is 0.270 e. The molecule has 0 bridgehead atoms. The van der Waals surface area contributed by atoms with Crippen molar-refractivity contribution in [3.63, 3.8) is 0 Å². The predicted molar refractivity (Wildman–Crippen MR) is 71.8 cm³/mol. The number of hydrogen-bond acceptors (Lipinski definition) is 5. The molecule has 0 radical (unpaired) electrons. The summed E-state index contributed by atoms with van der Waals surface area (Å²) in [4.78, 5) is 30.6. The van der Waals surface area contributed by atoms with Crippen LogP contribution in [-0.2, 0) is 0 Å². The first-order chi connectivity index (χ1) is 9.66. The van der Waals surface area contributed by atoms with Crippen LogP contribution in [0.2, 0.25) is 0 Å². The van der Waals surface area contributed by atoms with Gasteiger partial charge in [-0.15, -0.1) is 0 Å². The normalized spacial score (nSPS) is 10.6. The van der Waals surface area contributed by atoms with E-state index < -0.39 is 4.92 Å². The molecule has 2 aromatic heterocycles. The highest BCUT2D eigenvalue weighted by Gasteiger charge is 2.11.